The lowest BCUT2D eigenvalue weighted by atomic mass is 10.2. The minimum absolute atomic E-state index is 0.371. The Balaban J connectivity index is 1.43. The van der Waals surface area contributed by atoms with E-state index < -0.39 is 5.69 Å². The Labute approximate surface area is 177 Å². The van der Waals surface area contributed by atoms with Gasteiger partial charge < -0.3 is 15.3 Å². The van der Waals surface area contributed by atoms with Crippen molar-refractivity contribution < 1.29 is 0 Å². The number of thiophene rings is 1. The molecule has 0 unspecified atom stereocenters. The van der Waals surface area contributed by atoms with Crippen LogP contribution in [0.15, 0.2) is 70.3 Å². The predicted octanol–water partition coefficient (Wildman–Crippen LogP) is 3.92. The number of nitrogens with zero attached hydrogens (tertiary/aromatic N) is 3. The van der Waals surface area contributed by atoms with Crippen LogP contribution in [-0.4, -0.2) is 24.7 Å². The lowest BCUT2D eigenvalue weighted by Crippen LogP contribution is -2.33. The normalized spacial score (nSPS) is 11.1. The quantitative estimate of drug-likeness (QED) is 0.395. The number of anilines is 2. The Hall–Kier alpha value is -3.69. The number of fused-ring (bicyclic) bond motifs is 1. The summed E-state index contributed by atoms with van der Waals surface area (Å²) in [6.45, 7) is 0. The third-order valence-electron chi connectivity index (χ3n) is 4.49. The zero-order valence-electron chi connectivity index (χ0n) is 15.2. The van der Waals surface area contributed by atoms with Gasteiger partial charge in [-0.15, -0.1) is 21.5 Å². The van der Waals surface area contributed by atoms with Crippen LogP contribution in [0.1, 0.15) is 0 Å². The van der Waals surface area contributed by atoms with Gasteiger partial charge in [0.1, 0.15) is 0 Å². The molecule has 0 atom stereocenters. The Morgan fingerprint density at radius 3 is 2.50 bits per heavy atom. The molecule has 2 aromatic carbocycles. The summed E-state index contributed by atoms with van der Waals surface area (Å²) >= 11 is 7.36. The highest BCUT2D eigenvalue weighted by Crippen LogP contribution is 2.29. The molecule has 0 aliphatic rings. The van der Waals surface area contributed by atoms with Crippen LogP contribution in [0, 0.1) is 0 Å². The molecular weight excluding hydrogens is 424 g/mol. The Kier molecular flexibility index (Phi) is 4.46. The number of H-pyrrole nitrogens is 2. The zero-order valence-corrected chi connectivity index (χ0v) is 16.8. The fraction of sp³-hybridized carbons (Fsp3) is 0. The van der Waals surface area contributed by atoms with Gasteiger partial charge in [-0.05, 0) is 48.5 Å². The smallest absolute Gasteiger partial charge is 0.324 e. The molecule has 0 fully saturated rings. The van der Waals surface area contributed by atoms with Gasteiger partial charge in [-0.3, -0.25) is 4.79 Å². The van der Waals surface area contributed by atoms with E-state index in [4.69, 9.17) is 11.6 Å². The summed E-state index contributed by atoms with van der Waals surface area (Å²) in [5.74, 6) is 1.07. The Bertz CT molecular complexity index is 1480. The molecule has 5 aromatic rings. The van der Waals surface area contributed by atoms with E-state index in [1.54, 1.807) is 54.6 Å². The highest BCUT2D eigenvalue weighted by atomic mass is 35.5. The van der Waals surface area contributed by atoms with E-state index in [1.165, 1.54) is 11.3 Å². The zero-order chi connectivity index (χ0) is 20.7. The molecule has 0 saturated carbocycles. The van der Waals surface area contributed by atoms with Crippen molar-refractivity contribution in [1.29, 1.82) is 0 Å². The van der Waals surface area contributed by atoms with Crippen molar-refractivity contribution in [3.8, 4) is 16.4 Å². The number of aromatic nitrogens is 5. The first-order valence-electron chi connectivity index (χ1n) is 8.88. The Morgan fingerprint density at radius 2 is 1.73 bits per heavy atom. The van der Waals surface area contributed by atoms with Crippen LogP contribution in [0.2, 0.25) is 4.34 Å². The highest BCUT2D eigenvalue weighted by Gasteiger charge is 2.10. The largest absolute Gasteiger partial charge is 0.333 e. The highest BCUT2D eigenvalue weighted by molar-refractivity contribution is 7.19. The number of nitrogens with one attached hydrogen (secondary N) is 3. The average molecular weight is 437 g/mol. The van der Waals surface area contributed by atoms with Gasteiger partial charge in [0.2, 0.25) is 5.95 Å². The van der Waals surface area contributed by atoms with E-state index in [0.717, 1.165) is 15.1 Å². The van der Waals surface area contributed by atoms with Crippen LogP contribution in [0.4, 0.5) is 11.6 Å². The minimum Gasteiger partial charge on any atom is -0.324 e. The van der Waals surface area contributed by atoms with E-state index in [1.807, 2.05) is 6.07 Å². The number of para-hydroxylation sites is 1. The molecule has 148 valence electrons. The molecule has 5 rings (SSSR count). The molecule has 0 bridgehead atoms. The second-order valence-electron chi connectivity index (χ2n) is 6.41. The molecule has 8 nitrogen and oxygen atoms in total. The SMILES string of the molecule is O=c1[nH]c2ccccc2c(=O)n1-c1ccc(Nc2nnc(-c3ccc(Cl)s3)[nH]2)cc1. The maximum absolute atomic E-state index is 12.8. The molecule has 3 heterocycles. The van der Waals surface area contributed by atoms with E-state index in [0.29, 0.717) is 32.7 Å². The van der Waals surface area contributed by atoms with Crippen molar-refractivity contribution in [2.45, 2.75) is 0 Å². The number of rotatable bonds is 4. The molecule has 0 saturated heterocycles. The van der Waals surface area contributed by atoms with Gasteiger partial charge in [0.15, 0.2) is 5.82 Å². The van der Waals surface area contributed by atoms with Crippen LogP contribution in [0.5, 0.6) is 0 Å². The standard InChI is InChI=1S/C20H13ClN6O2S/c21-16-10-9-15(30-16)17-24-19(26-25-17)22-11-5-7-12(8-6-11)27-18(28)13-3-1-2-4-14(13)23-20(27)29/h1-10H,(H,23,29)(H2,22,24,25,26). The first-order chi connectivity index (χ1) is 14.6. The maximum Gasteiger partial charge on any atom is 0.333 e. The van der Waals surface area contributed by atoms with Crippen molar-refractivity contribution in [1.82, 2.24) is 24.7 Å². The van der Waals surface area contributed by atoms with Crippen molar-refractivity contribution in [3.63, 3.8) is 0 Å². The summed E-state index contributed by atoms with van der Waals surface area (Å²) in [5.41, 5.74) is 0.827. The summed E-state index contributed by atoms with van der Waals surface area (Å²) in [5, 5.41) is 11.7. The molecule has 0 aliphatic heterocycles. The van der Waals surface area contributed by atoms with Gasteiger partial charge in [0.25, 0.3) is 5.56 Å². The second kappa shape index (κ2) is 7.29. The van der Waals surface area contributed by atoms with E-state index in [2.05, 4.69) is 25.5 Å². The van der Waals surface area contributed by atoms with Crippen LogP contribution in [0.3, 0.4) is 0 Å². The van der Waals surface area contributed by atoms with E-state index in [9.17, 15) is 9.59 Å². The summed E-state index contributed by atoms with van der Waals surface area (Å²) in [7, 11) is 0. The lowest BCUT2D eigenvalue weighted by molar-refractivity contribution is 0.901. The molecule has 0 amide bonds. The summed E-state index contributed by atoms with van der Waals surface area (Å²) in [6, 6.07) is 17.4. The Morgan fingerprint density at radius 1 is 0.933 bits per heavy atom. The van der Waals surface area contributed by atoms with Crippen LogP contribution in [0.25, 0.3) is 27.3 Å². The number of halogens is 1. The van der Waals surface area contributed by atoms with Crippen molar-refractivity contribution >= 4 is 45.5 Å². The first-order valence-corrected chi connectivity index (χ1v) is 10.1. The topological polar surface area (TPSA) is 108 Å². The van der Waals surface area contributed by atoms with Gasteiger partial charge in [-0.2, -0.15) is 0 Å². The number of hydrogen-bond donors (Lipinski definition) is 3. The van der Waals surface area contributed by atoms with Crippen molar-refractivity contribution in [2.24, 2.45) is 0 Å². The fourth-order valence-electron chi connectivity index (χ4n) is 3.10. The van der Waals surface area contributed by atoms with Gasteiger partial charge in [0, 0.05) is 5.69 Å². The first kappa shape index (κ1) is 18.3. The average Bonchev–Trinajstić information content (AvgIpc) is 3.38. The van der Waals surface area contributed by atoms with E-state index in [-0.39, 0.29) is 5.56 Å². The number of aromatic amines is 2. The summed E-state index contributed by atoms with van der Waals surface area (Å²) in [6.07, 6.45) is 0. The molecule has 0 radical (unpaired) electrons. The predicted molar refractivity (Wildman–Crippen MR) is 118 cm³/mol. The van der Waals surface area contributed by atoms with Gasteiger partial charge >= 0.3 is 5.69 Å². The van der Waals surface area contributed by atoms with Crippen LogP contribution < -0.4 is 16.6 Å². The molecule has 0 spiro atoms. The van der Waals surface area contributed by atoms with Gasteiger partial charge in [-0.1, -0.05) is 23.7 Å². The number of benzene rings is 2. The van der Waals surface area contributed by atoms with E-state index >= 15 is 0 Å². The number of hydrogen-bond acceptors (Lipinski definition) is 6. The monoisotopic (exact) mass is 436 g/mol. The van der Waals surface area contributed by atoms with Crippen molar-refractivity contribution in [2.75, 3.05) is 5.32 Å². The third-order valence-corrected chi connectivity index (χ3v) is 5.72. The molecule has 3 aromatic heterocycles. The van der Waals surface area contributed by atoms with Crippen molar-refractivity contribution in [3.05, 3.63) is 85.8 Å². The minimum atomic E-state index is -0.492. The lowest BCUT2D eigenvalue weighted by Gasteiger charge is -2.08. The summed E-state index contributed by atoms with van der Waals surface area (Å²) < 4.78 is 1.78. The van der Waals surface area contributed by atoms with Gasteiger partial charge in [0.05, 0.1) is 25.8 Å². The third kappa shape index (κ3) is 3.30. The van der Waals surface area contributed by atoms with Gasteiger partial charge in [-0.25, -0.2) is 9.36 Å². The van der Waals surface area contributed by atoms with Crippen LogP contribution >= 0.6 is 22.9 Å². The second-order valence-corrected chi connectivity index (χ2v) is 8.13. The molecule has 0 aliphatic carbocycles. The maximum atomic E-state index is 12.8. The molecule has 3 N–H and O–H groups in total. The summed E-state index contributed by atoms with van der Waals surface area (Å²) in [4.78, 5) is 31.9. The molecular formula is C20H13ClN6O2S. The van der Waals surface area contributed by atoms with Crippen LogP contribution in [-0.2, 0) is 0 Å². The molecule has 30 heavy (non-hydrogen) atoms. The fourth-order valence-corrected chi connectivity index (χ4v) is 4.08. The molecule has 10 heteroatoms.